The molecule has 0 spiro atoms. The molecule has 6 nitrogen and oxygen atoms in total. The van der Waals surface area contributed by atoms with Crippen molar-refractivity contribution in [1.29, 1.82) is 0 Å². The van der Waals surface area contributed by atoms with Gasteiger partial charge in [-0.25, -0.2) is 9.97 Å². The van der Waals surface area contributed by atoms with Crippen molar-refractivity contribution in [1.82, 2.24) is 9.97 Å². The van der Waals surface area contributed by atoms with E-state index in [1.807, 2.05) is 43.3 Å². The molecule has 1 heterocycles. The van der Waals surface area contributed by atoms with Crippen LogP contribution < -0.4 is 10.1 Å². The lowest BCUT2D eigenvalue weighted by molar-refractivity contribution is 0.0962. The number of carbonyl (C=O) groups is 2. The zero-order valence-corrected chi connectivity index (χ0v) is 16.3. The van der Waals surface area contributed by atoms with Crippen LogP contribution >= 0.6 is 0 Å². The van der Waals surface area contributed by atoms with Crippen LogP contribution in [0.25, 0.3) is 0 Å². The molecule has 4 rings (SSSR count). The second kappa shape index (κ2) is 7.83. The summed E-state index contributed by atoms with van der Waals surface area (Å²) in [6.45, 7) is 1.96. The predicted octanol–water partition coefficient (Wildman–Crippen LogP) is 3.96. The predicted molar refractivity (Wildman–Crippen MR) is 110 cm³/mol. The van der Waals surface area contributed by atoms with Crippen LogP contribution in [0.15, 0.2) is 54.7 Å². The van der Waals surface area contributed by atoms with Gasteiger partial charge in [-0.2, -0.15) is 0 Å². The molecule has 1 atom stereocenters. The van der Waals surface area contributed by atoms with Crippen molar-refractivity contribution >= 4 is 17.6 Å². The molecule has 0 fully saturated rings. The van der Waals surface area contributed by atoms with Gasteiger partial charge in [-0.1, -0.05) is 29.8 Å². The van der Waals surface area contributed by atoms with Gasteiger partial charge < -0.3 is 4.74 Å². The normalized spacial score (nSPS) is 15.5. The van der Waals surface area contributed by atoms with Crippen LogP contribution in [0.4, 0.5) is 5.95 Å². The van der Waals surface area contributed by atoms with E-state index in [-0.39, 0.29) is 23.6 Å². The Morgan fingerprint density at radius 3 is 2.48 bits per heavy atom. The van der Waals surface area contributed by atoms with E-state index in [1.165, 1.54) is 6.20 Å². The average molecular weight is 387 g/mol. The molecule has 29 heavy (non-hydrogen) atoms. The number of ether oxygens (including phenoxy) is 1. The molecule has 2 aromatic carbocycles. The fourth-order valence-corrected chi connectivity index (χ4v) is 3.50. The zero-order valence-electron chi connectivity index (χ0n) is 16.3. The van der Waals surface area contributed by atoms with Crippen molar-refractivity contribution in [3.8, 4) is 5.75 Å². The summed E-state index contributed by atoms with van der Waals surface area (Å²) in [6.07, 6.45) is 2.54. The number of ketones is 1. The van der Waals surface area contributed by atoms with E-state index < -0.39 is 0 Å². The van der Waals surface area contributed by atoms with Crippen molar-refractivity contribution in [3.05, 3.63) is 82.7 Å². The molecular formula is C23H21N3O3. The van der Waals surface area contributed by atoms with Crippen molar-refractivity contribution in [2.24, 2.45) is 0 Å². The molecule has 0 saturated carbocycles. The number of benzene rings is 2. The highest BCUT2D eigenvalue weighted by Gasteiger charge is 2.28. The van der Waals surface area contributed by atoms with Gasteiger partial charge >= 0.3 is 0 Å². The number of amides is 1. The first kappa shape index (κ1) is 18.8. The third kappa shape index (κ3) is 4.01. The SMILES string of the molecule is COc1ccc(C2CC(=O)c3cnc(NC(=O)c4ccc(C)cc4)nc3C2)cc1. The van der Waals surface area contributed by atoms with Crippen molar-refractivity contribution in [3.63, 3.8) is 0 Å². The number of hydrogen-bond acceptors (Lipinski definition) is 5. The average Bonchev–Trinajstić information content (AvgIpc) is 2.74. The zero-order chi connectivity index (χ0) is 20.4. The maximum Gasteiger partial charge on any atom is 0.258 e. The number of rotatable bonds is 4. The Morgan fingerprint density at radius 1 is 1.07 bits per heavy atom. The first-order valence-electron chi connectivity index (χ1n) is 9.44. The fourth-order valence-electron chi connectivity index (χ4n) is 3.50. The van der Waals surface area contributed by atoms with Gasteiger partial charge in [-0.15, -0.1) is 0 Å². The monoisotopic (exact) mass is 387 g/mol. The minimum atomic E-state index is -0.279. The largest absolute Gasteiger partial charge is 0.497 e. The Labute approximate surface area is 169 Å². The van der Waals surface area contributed by atoms with Gasteiger partial charge in [0.2, 0.25) is 5.95 Å². The lowest BCUT2D eigenvalue weighted by atomic mass is 9.82. The molecule has 146 valence electrons. The topological polar surface area (TPSA) is 81.2 Å². The Hall–Kier alpha value is -3.54. The van der Waals surface area contributed by atoms with Gasteiger partial charge in [0.05, 0.1) is 18.4 Å². The number of fused-ring (bicyclic) bond motifs is 1. The second-order valence-electron chi connectivity index (χ2n) is 7.18. The maximum absolute atomic E-state index is 12.6. The number of aromatic nitrogens is 2. The second-order valence-corrected chi connectivity index (χ2v) is 7.18. The van der Waals surface area contributed by atoms with Crippen LogP contribution in [0.5, 0.6) is 5.75 Å². The summed E-state index contributed by atoms with van der Waals surface area (Å²) in [4.78, 5) is 33.7. The van der Waals surface area contributed by atoms with E-state index in [0.717, 1.165) is 16.9 Å². The molecule has 1 N–H and O–H groups in total. The number of aryl methyl sites for hydroxylation is 1. The lowest BCUT2D eigenvalue weighted by Crippen LogP contribution is -2.22. The van der Waals surface area contributed by atoms with Crippen molar-refractivity contribution < 1.29 is 14.3 Å². The van der Waals surface area contributed by atoms with Crippen molar-refractivity contribution in [2.75, 3.05) is 12.4 Å². The lowest BCUT2D eigenvalue weighted by Gasteiger charge is -2.23. The molecule has 6 heteroatoms. The van der Waals surface area contributed by atoms with Crippen LogP contribution in [0, 0.1) is 6.92 Å². The number of Topliss-reactive ketones (excluding diaryl/α,β-unsaturated/α-hetero) is 1. The minimum absolute atomic E-state index is 0.0171. The van der Waals surface area contributed by atoms with Gasteiger partial charge in [0.15, 0.2) is 5.78 Å². The summed E-state index contributed by atoms with van der Waals surface area (Å²) in [5.41, 5.74) is 3.87. The minimum Gasteiger partial charge on any atom is -0.497 e. The molecule has 0 radical (unpaired) electrons. The summed E-state index contributed by atoms with van der Waals surface area (Å²) in [6, 6.07) is 15.0. The third-order valence-corrected chi connectivity index (χ3v) is 5.17. The summed E-state index contributed by atoms with van der Waals surface area (Å²) < 4.78 is 5.20. The summed E-state index contributed by atoms with van der Waals surface area (Å²) >= 11 is 0. The summed E-state index contributed by atoms with van der Waals surface area (Å²) in [5, 5.41) is 2.72. The van der Waals surface area contributed by atoms with Crippen LogP contribution in [-0.4, -0.2) is 28.8 Å². The van der Waals surface area contributed by atoms with E-state index in [4.69, 9.17) is 4.74 Å². The smallest absolute Gasteiger partial charge is 0.258 e. The number of carbonyl (C=O) groups excluding carboxylic acids is 2. The van der Waals surface area contributed by atoms with Gasteiger partial charge in [-0.3, -0.25) is 14.9 Å². The Balaban J connectivity index is 1.55. The van der Waals surface area contributed by atoms with E-state index in [9.17, 15) is 9.59 Å². The molecule has 1 aliphatic carbocycles. The van der Waals surface area contributed by atoms with Crippen LogP contribution in [0.3, 0.4) is 0 Å². The van der Waals surface area contributed by atoms with Crippen LogP contribution in [0.2, 0.25) is 0 Å². The molecule has 3 aromatic rings. The highest BCUT2D eigenvalue weighted by atomic mass is 16.5. The number of nitrogens with zero attached hydrogens (tertiary/aromatic N) is 2. The molecule has 0 aliphatic heterocycles. The standard InChI is InChI=1S/C23H21N3O3/c1-14-3-5-16(6-4-14)22(28)26-23-24-13-19-20(25-23)11-17(12-21(19)27)15-7-9-18(29-2)10-8-15/h3-10,13,17H,11-12H2,1-2H3,(H,24,25,26,28). The quantitative estimate of drug-likeness (QED) is 0.733. The van der Waals surface area contributed by atoms with Crippen LogP contribution in [-0.2, 0) is 6.42 Å². The molecule has 0 saturated heterocycles. The van der Waals surface area contributed by atoms with Crippen molar-refractivity contribution in [2.45, 2.75) is 25.7 Å². The molecule has 0 bridgehead atoms. The molecular weight excluding hydrogens is 366 g/mol. The van der Waals surface area contributed by atoms with Gasteiger partial charge in [0.25, 0.3) is 5.91 Å². The first-order valence-corrected chi connectivity index (χ1v) is 9.44. The van der Waals surface area contributed by atoms with Gasteiger partial charge in [-0.05, 0) is 49.1 Å². The summed E-state index contributed by atoms with van der Waals surface area (Å²) in [7, 11) is 1.62. The Morgan fingerprint density at radius 2 is 1.79 bits per heavy atom. The van der Waals surface area contributed by atoms with Crippen LogP contribution in [0.1, 0.15) is 49.9 Å². The van der Waals surface area contributed by atoms with Gasteiger partial charge in [0.1, 0.15) is 5.75 Å². The molecule has 1 aliphatic rings. The number of anilines is 1. The highest BCUT2D eigenvalue weighted by Crippen LogP contribution is 2.32. The van der Waals surface area contributed by atoms with E-state index in [1.54, 1.807) is 19.2 Å². The fraction of sp³-hybridized carbons (Fsp3) is 0.217. The first-order chi connectivity index (χ1) is 14.0. The third-order valence-electron chi connectivity index (χ3n) is 5.17. The molecule has 1 unspecified atom stereocenters. The Kier molecular flexibility index (Phi) is 5.08. The number of nitrogens with one attached hydrogen (secondary N) is 1. The molecule has 1 amide bonds. The van der Waals surface area contributed by atoms with E-state index in [0.29, 0.717) is 29.7 Å². The highest BCUT2D eigenvalue weighted by molar-refractivity contribution is 6.03. The summed E-state index contributed by atoms with van der Waals surface area (Å²) in [5.74, 6) is 0.760. The van der Waals surface area contributed by atoms with E-state index >= 15 is 0 Å². The van der Waals surface area contributed by atoms with Gasteiger partial charge in [0, 0.05) is 18.2 Å². The Bertz CT molecular complexity index is 1060. The number of hydrogen-bond donors (Lipinski definition) is 1. The number of methoxy groups -OCH3 is 1. The maximum atomic E-state index is 12.6. The molecule has 1 aromatic heterocycles. The van der Waals surface area contributed by atoms with E-state index in [2.05, 4.69) is 15.3 Å².